The molecule has 0 spiro atoms. The minimum absolute atomic E-state index is 0.671. The Labute approximate surface area is 42.9 Å². The van der Waals surface area contributed by atoms with Crippen LogP contribution in [0.15, 0.2) is 0 Å². The summed E-state index contributed by atoms with van der Waals surface area (Å²) in [6, 6.07) is 0.671. The lowest BCUT2D eigenvalue weighted by Gasteiger charge is -1.81. The first kappa shape index (κ1) is 4.78. The molecular weight excluding hydrogens is 90.1 g/mol. The quantitative estimate of drug-likeness (QED) is 0.397. The summed E-state index contributed by atoms with van der Waals surface area (Å²) in [5.74, 6) is 0. The highest BCUT2D eigenvalue weighted by Gasteiger charge is 2.17. The second-order valence-electron chi connectivity index (χ2n) is 1.85. The van der Waals surface area contributed by atoms with E-state index in [0.717, 1.165) is 25.7 Å². The molecule has 1 aliphatic heterocycles. The molecule has 0 aromatic rings. The Hall–Kier alpha value is -0.370. The van der Waals surface area contributed by atoms with Crippen LogP contribution in [0.25, 0.3) is 0 Å². The van der Waals surface area contributed by atoms with Crippen molar-refractivity contribution < 1.29 is 4.79 Å². The van der Waals surface area contributed by atoms with Crippen LogP contribution in [0.2, 0.25) is 0 Å². The van der Waals surface area contributed by atoms with Gasteiger partial charge in [0.05, 0.1) is 0 Å². The van der Waals surface area contributed by atoms with Gasteiger partial charge in [0, 0.05) is 19.0 Å². The van der Waals surface area contributed by atoms with Crippen LogP contribution in [0.4, 0.5) is 0 Å². The Morgan fingerprint density at radius 3 is 3.00 bits per heavy atom. The maximum absolute atomic E-state index is 9.71. The highest BCUT2D eigenvalue weighted by molar-refractivity contribution is 5.49. The van der Waals surface area contributed by atoms with Crippen molar-refractivity contribution in [2.75, 3.05) is 6.54 Å². The lowest BCUT2D eigenvalue weighted by atomic mass is 10.3. The molecule has 1 heterocycles. The molecule has 1 unspecified atom stereocenters. The number of carbonyl (C=O) groups is 1. The van der Waals surface area contributed by atoms with Crippen LogP contribution in [0, 0.1) is 0 Å². The Balaban J connectivity index is 1.88. The average molecular weight is 99.1 g/mol. The molecule has 1 atom stereocenters. The normalized spacial score (nSPS) is 27.1. The van der Waals surface area contributed by atoms with Crippen LogP contribution in [0.3, 0.4) is 0 Å². The van der Waals surface area contributed by atoms with E-state index < -0.39 is 0 Å². The monoisotopic (exact) mass is 99.1 g/mol. The molecule has 0 aromatic heterocycles. The fourth-order valence-electron chi connectivity index (χ4n) is 0.557. The van der Waals surface area contributed by atoms with Crippen molar-refractivity contribution >= 4 is 6.29 Å². The van der Waals surface area contributed by atoms with Gasteiger partial charge < -0.3 is 10.1 Å². The average Bonchev–Trinajstić information content (AvgIpc) is 2.42. The van der Waals surface area contributed by atoms with Crippen LogP contribution in [0.5, 0.6) is 0 Å². The smallest absolute Gasteiger partial charge is 0.120 e. The van der Waals surface area contributed by atoms with E-state index in [9.17, 15) is 4.79 Å². The molecule has 1 aliphatic rings. The number of nitrogens with one attached hydrogen (secondary N) is 1. The number of aldehydes is 1. The largest absolute Gasteiger partial charge is 0.311 e. The maximum atomic E-state index is 9.71. The fourth-order valence-corrected chi connectivity index (χ4v) is 0.557. The van der Waals surface area contributed by atoms with E-state index in [1.54, 1.807) is 0 Å². The lowest BCUT2D eigenvalue weighted by Crippen LogP contribution is -1.89. The Morgan fingerprint density at radius 2 is 2.57 bits per heavy atom. The molecule has 0 saturated carbocycles. The van der Waals surface area contributed by atoms with Gasteiger partial charge in [-0.05, 0) is 6.42 Å². The van der Waals surface area contributed by atoms with Gasteiger partial charge in [-0.2, -0.15) is 0 Å². The van der Waals surface area contributed by atoms with Gasteiger partial charge in [-0.25, -0.2) is 0 Å². The highest BCUT2D eigenvalue weighted by Crippen LogP contribution is 2.03. The summed E-state index contributed by atoms with van der Waals surface area (Å²) in [6.07, 6.45) is 2.72. The van der Waals surface area contributed by atoms with E-state index in [2.05, 4.69) is 5.32 Å². The molecule has 1 saturated heterocycles. The summed E-state index contributed by atoms with van der Waals surface area (Å²) in [6.45, 7) is 1.12. The topological polar surface area (TPSA) is 39.0 Å². The summed E-state index contributed by atoms with van der Waals surface area (Å²) in [7, 11) is 0. The fraction of sp³-hybridized carbons (Fsp3) is 0.800. The van der Waals surface area contributed by atoms with Crippen molar-refractivity contribution in [3.05, 3.63) is 0 Å². The number of hydrogen-bond donors (Lipinski definition) is 1. The number of carbonyl (C=O) groups excluding carboxylic acids is 1. The molecule has 0 radical (unpaired) electrons. The molecule has 0 bridgehead atoms. The second kappa shape index (κ2) is 2.07. The van der Waals surface area contributed by atoms with Crippen molar-refractivity contribution in [3.63, 3.8) is 0 Å². The highest BCUT2D eigenvalue weighted by atomic mass is 16.1. The second-order valence-corrected chi connectivity index (χ2v) is 1.85. The van der Waals surface area contributed by atoms with Gasteiger partial charge in [0.25, 0.3) is 0 Å². The van der Waals surface area contributed by atoms with E-state index >= 15 is 0 Å². The maximum Gasteiger partial charge on any atom is 0.120 e. The van der Waals surface area contributed by atoms with Gasteiger partial charge >= 0.3 is 0 Å². The lowest BCUT2D eigenvalue weighted by molar-refractivity contribution is -0.107. The van der Waals surface area contributed by atoms with E-state index in [1.807, 2.05) is 0 Å². The van der Waals surface area contributed by atoms with Crippen molar-refractivity contribution in [3.8, 4) is 0 Å². The predicted molar refractivity (Wildman–Crippen MR) is 27.1 cm³/mol. The number of rotatable bonds is 3. The van der Waals surface area contributed by atoms with Crippen molar-refractivity contribution in [1.82, 2.24) is 5.32 Å². The van der Waals surface area contributed by atoms with Crippen LogP contribution in [0.1, 0.15) is 12.8 Å². The summed E-state index contributed by atoms with van der Waals surface area (Å²) in [4.78, 5) is 9.71. The minimum atomic E-state index is 0.671. The van der Waals surface area contributed by atoms with Gasteiger partial charge in [0.2, 0.25) is 0 Å². The first-order chi connectivity index (χ1) is 3.43. The third-order valence-electron chi connectivity index (χ3n) is 1.13. The van der Waals surface area contributed by atoms with Crippen LogP contribution < -0.4 is 5.32 Å². The van der Waals surface area contributed by atoms with Crippen molar-refractivity contribution in [1.29, 1.82) is 0 Å². The zero-order chi connectivity index (χ0) is 5.11. The van der Waals surface area contributed by atoms with E-state index in [0.29, 0.717) is 6.04 Å². The summed E-state index contributed by atoms with van der Waals surface area (Å²) >= 11 is 0. The molecule has 0 amide bonds. The molecule has 1 N–H and O–H groups in total. The summed E-state index contributed by atoms with van der Waals surface area (Å²) in [5.41, 5.74) is 0. The summed E-state index contributed by atoms with van der Waals surface area (Å²) < 4.78 is 0. The van der Waals surface area contributed by atoms with E-state index in [4.69, 9.17) is 0 Å². The van der Waals surface area contributed by atoms with Crippen LogP contribution in [-0.2, 0) is 4.79 Å². The molecule has 1 fully saturated rings. The first-order valence-electron chi connectivity index (χ1n) is 2.60. The zero-order valence-electron chi connectivity index (χ0n) is 4.18. The number of hydrogen-bond acceptors (Lipinski definition) is 2. The zero-order valence-corrected chi connectivity index (χ0v) is 4.18. The van der Waals surface area contributed by atoms with Gasteiger partial charge in [-0.15, -0.1) is 0 Å². The van der Waals surface area contributed by atoms with E-state index in [-0.39, 0.29) is 0 Å². The molecular formula is C5H9NO. The molecule has 1 rings (SSSR count). The first-order valence-corrected chi connectivity index (χ1v) is 2.60. The molecule has 7 heavy (non-hydrogen) atoms. The predicted octanol–water partition coefficient (Wildman–Crippen LogP) is -0.0627. The third-order valence-corrected chi connectivity index (χ3v) is 1.13. The van der Waals surface area contributed by atoms with E-state index in [1.165, 1.54) is 0 Å². The summed E-state index contributed by atoms with van der Waals surface area (Å²) in [5, 5.41) is 3.11. The van der Waals surface area contributed by atoms with Gasteiger partial charge in [-0.3, -0.25) is 0 Å². The Morgan fingerprint density at radius 1 is 1.86 bits per heavy atom. The van der Waals surface area contributed by atoms with Gasteiger partial charge in [0.1, 0.15) is 6.29 Å². The minimum Gasteiger partial charge on any atom is -0.311 e. The van der Waals surface area contributed by atoms with Gasteiger partial charge in [-0.1, -0.05) is 0 Å². The molecule has 2 heteroatoms. The molecule has 2 nitrogen and oxygen atoms in total. The van der Waals surface area contributed by atoms with Crippen LogP contribution >= 0.6 is 0 Å². The molecule has 0 aromatic carbocycles. The third kappa shape index (κ3) is 1.69. The molecule has 40 valence electrons. The Bertz CT molecular complexity index is 68.5. The van der Waals surface area contributed by atoms with Gasteiger partial charge in [0.15, 0.2) is 0 Å². The van der Waals surface area contributed by atoms with Crippen molar-refractivity contribution in [2.45, 2.75) is 18.9 Å². The molecule has 0 aliphatic carbocycles. The van der Waals surface area contributed by atoms with Crippen molar-refractivity contribution in [2.24, 2.45) is 0 Å². The van der Waals surface area contributed by atoms with Crippen LogP contribution in [-0.4, -0.2) is 18.9 Å². The SMILES string of the molecule is O=CCCC1CN1. The Kier molecular flexibility index (Phi) is 1.42. The standard InChI is InChI=1S/C5H9NO/c7-3-1-2-5-4-6-5/h3,5-6H,1-2,4H2.